The molecule has 4 heteroatoms. The molecule has 0 spiro atoms. The number of nitrogens with zero attached hydrogens (tertiary/aromatic N) is 2. The van der Waals surface area contributed by atoms with Crippen LogP contribution in [0.3, 0.4) is 0 Å². The van der Waals surface area contributed by atoms with E-state index in [0.717, 1.165) is 36.7 Å². The molecule has 0 radical (unpaired) electrons. The van der Waals surface area contributed by atoms with Crippen molar-refractivity contribution in [3.8, 4) is 0 Å². The third-order valence-corrected chi connectivity index (χ3v) is 3.70. The lowest BCUT2D eigenvalue weighted by Crippen LogP contribution is -2.23. The van der Waals surface area contributed by atoms with Crippen LogP contribution < -0.4 is 10.2 Å². The van der Waals surface area contributed by atoms with E-state index in [1.54, 1.807) is 6.07 Å². The summed E-state index contributed by atoms with van der Waals surface area (Å²) in [5.41, 5.74) is 3.13. The zero-order valence-electron chi connectivity index (χ0n) is 12.4. The molecule has 0 unspecified atom stereocenters. The van der Waals surface area contributed by atoms with Crippen molar-refractivity contribution in [2.45, 2.75) is 32.9 Å². The Bertz CT molecular complexity index is 640. The molecular formula is C17H20FN3. The Balaban J connectivity index is 1.86. The molecule has 1 aromatic heterocycles. The van der Waals surface area contributed by atoms with Gasteiger partial charge in [0.25, 0.3) is 0 Å². The summed E-state index contributed by atoms with van der Waals surface area (Å²) in [5, 5.41) is 3.37. The zero-order valence-corrected chi connectivity index (χ0v) is 12.4. The first-order valence-corrected chi connectivity index (χ1v) is 7.39. The van der Waals surface area contributed by atoms with Crippen LogP contribution in [0.2, 0.25) is 0 Å². The molecule has 0 atom stereocenters. The number of nitrogens with one attached hydrogen (secondary N) is 1. The first-order valence-electron chi connectivity index (χ1n) is 7.39. The smallest absolute Gasteiger partial charge is 0.133 e. The summed E-state index contributed by atoms with van der Waals surface area (Å²) >= 11 is 0. The van der Waals surface area contributed by atoms with Gasteiger partial charge in [0.15, 0.2) is 0 Å². The summed E-state index contributed by atoms with van der Waals surface area (Å²) in [6.45, 7) is 5.83. The number of fused-ring (bicyclic) bond motifs is 1. The number of halogens is 1. The third kappa shape index (κ3) is 3.05. The molecule has 1 N–H and O–H groups in total. The average Bonchev–Trinajstić information content (AvgIpc) is 2.88. The second kappa shape index (κ2) is 5.82. The minimum Gasteiger partial charge on any atom is -0.326 e. The van der Waals surface area contributed by atoms with E-state index in [1.807, 2.05) is 24.3 Å². The van der Waals surface area contributed by atoms with Gasteiger partial charge in [-0.15, -0.1) is 0 Å². The van der Waals surface area contributed by atoms with Crippen molar-refractivity contribution in [2.75, 3.05) is 11.4 Å². The molecule has 1 aliphatic rings. The monoisotopic (exact) mass is 285 g/mol. The van der Waals surface area contributed by atoms with Crippen LogP contribution in [-0.4, -0.2) is 17.6 Å². The van der Waals surface area contributed by atoms with E-state index < -0.39 is 0 Å². The van der Waals surface area contributed by atoms with Crippen molar-refractivity contribution >= 4 is 11.5 Å². The van der Waals surface area contributed by atoms with E-state index in [4.69, 9.17) is 4.98 Å². The summed E-state index contributed by atoms with van der Waals surface area (Å²) in [6.07, 6.45) is 0.936. The van der Waals surface area contributed by atoms with Gasteiger partial charge in [-0.05, 0) is 36.2 Å². The van der Waals surface area contributed by atoms with Crippen LogP contribution in [0.1, 0.15) is 25.1 Å². The second-order valence-electron chi connectivity index (χ2n) is 5.70. The van der Waals surface area contributed by atoms with Gasteiger partial charge in [-0.2, -0.15) is 0 Å². The van der Waals surface area contributed by atoms with Crippen molar-refractivity contribution in [1.82, 2.24) is 10.3 Å². The molecule has 0 fully saturated rings. The van der Waals surface area contributed by atoms with Gasteiger partial charge in [-0.3, -0.25) is 0 Å². The van der Waals surface area contributed by atoms with Gasteiger partial charge in [0.1, 0.15) is 11.6 Å². The summed E-state index contributed by atoms with van der Waals surface area (Å²) in [4.78, 5) is 6.79. The molecule has 1 aliphatic heterocycles. The van der Waals surface area contributed by atoms with Gasteiger partial charge >= 0.3 is 0 Å². The van der Waals surface area contributed by atoms with Crippen LogP contribution >= 0.6 is 0 Å². The number of pyridine rings is 1. The van der Waals surface area contributed by atoms with Gasteiger partial charge < -0.3 is 10.2 Å². The van der Waals surface area contributed by atoms with Gasteiger partial charge in [-0.1, -0.05) is 26.0 Å². The van der Waals surface area contributed by atoms with Crippen LogP contribution in [0.15, 0.2) is 36.4 Å². The van der Waals surface area contributed by atoms with E-state index in [0.29, 0.717) is 6.04 Å². The van der Waals surface area contributed by atoms with Crippen molar-refractivity contribution in [3.63, 3.8) is 0 Å². The predicted octanol–water partition coefficient (Wildman–Crippen LogP) is 3.41. The number of anilines is 2. The van der Waals surface area contributed by atoms with E-state index in [2.05, 4.69) is 24.1 Å². The fourth-order valence-corrected chi connectivity index (χ4v) is 2.61. The summed E-state index contributed by atoms with van der Waals surface area (Å²) in [7, 11) is 0. The Morgan fingerprint density at radius 2 is 2.14 bits per heavy atom. The Labute approximate surface area is 124 Å². The average molecular weight is 285 g/mol. The van der Waals surface area contributed by atoms with Crippen molar-refractivity contribution in [1.29, 1.82) is 0 Å². The van der Waals surface area contributed by atoms with Gasteiger partial charge in [-0.25, -0.2) is 9.37 Å². The lowest BCUT2D eigenvalue weighted by Gasteiger charge is -2.19. The molecule has 0 aliphatic carbocycles. The summed E-state index contributed by atoms with van der Waals surface area (Å²) in [5.74, 6) is 0.695. The van der Waals surface area contributed by atoms with Crippen LogP contribution in [0.4, 0.5) is 15.9 Å². The SMILES string of the molecule is CC(C)NCc1cccc(N2CCc3ccc(F)cc32)n1. The van der Waals surface area contributed by atoms with Crippen LogP contribution in [0, 0.1) is 5.82 Å². The van der Waals surface area contributed by atoms with Gasteiger partial charge in [0, 0.05) is 24.8 Å². The fraction of sp³-hybridized carbons (Fsp3) is 0.353. The standard InChI is InChI=1S/C17H20FN3/c1-12(2)19-11-15-4-3-5-17(20-15)21-9-8-13-6-7-14(18)10-16(13)21/h3-7,10,12,19H,8-9,11H2,1-2H3. The molecular weight excluding hydrogens is 265 g/mol. The van der Waals surface area contributed by atoms with Crippen LogP contribution in [-0.2, 0) is 13.0 Å². The Kier molecular flexibility index (Phi) is 3.88. The van der Waals surface area contributed by atoms with Crippen molar-refractivity contribution < 1.29 is 4.39 Å². The number of hydrogen-bond donors (Lipinski definition) is 1. The molecule has 21 heavy (non-hydrogen) atoms. The number of rotatable bonds is 4. The van der Waals surface area contributed by atoms with Gasteiger partial charge in [0.05, 0.1) is 5.69 Å². The van der Waals surface area contributed by atoms with E-state index in [-0.39, 0.29) is 5.82 Å². The lowest BCUT2D eigenvalue weighted by molar-refractivity contribution is 0.581. The maximum absolute atomic E-state index is 13.5. The number of benzene rings is 1. The highest BCUT2D eigenvalue weighted by Crippen LogP contribution is 2.33. The Morgan fingerprint density at radius 3 is 2.95 bits per heavy atom. The molecule has 1 aromatic carbocycles. The van der Waals surface area contributed by atoms with E-state index in [1.165, 1.54) is 11.6 Å². The van der Waals surface area contributed by atoms with E-state index in [9.17, 15) is 4.39 Å². The van der Waals surface area contributed by atoms with E-state index >= 15 is 0 Å². The van der Waals surface area contributed by atoms with Crippen LogP contribution in [0.5, 0.6) is 0 Å². The molecule has 2 aromatic rings. The Morgan fingerprint density at radius 1 is 1.29 bits per heavy atom. The molecule has 3 rings (SSSR count). The Hall–Kier alpha value is -1.94. The maximum Gasteiger partial charge on any atom is 0.133 e. The third-order valence-electron chi connectivity index (χ3n) is 3.70. The van der Waals surface area contributed by atoms with Crippen molar-refractivity contribution in [2.24, 2.45) is 0 Å². The topological polar surface area (TPSA) is 28.2 Å². The first-order chi connectivity index (χ1) is 10.1. The highest BCUT2D eigenvalue weighted by molar-refractivity contribution is 5.67. The van der Waals surface area contributed by atoms with Gasteiger partial charge in [0.2, 0.25) is 0 Å². The highest BCUT2D eigenvalue weighted by atomic mass is 19.1. The largest absolute Gasteiger partial charge is 0.326 e. The molecule has 3 nitrogen and oxygen atoms in total. The lowest BCUT2D eigenvalue weighted by atomic mass is 10.2. The molecule has 0 bridgehead atoms. The number of hydrogen-bond acceptors (Lipinski definition) is 3. The molecule has 2 heterocycles. The predicted molar refractivity (Wildman–Crippen MR) is 83.3 cm³/mol. The van der Waals surface area contributed by atoms with Crippen molar-refractivity contribution in [3.05, 3.63) is 53.5 Å². The molecule has 0 saturated heterocycles. The minimum absolute atomic E-state index is 0.196. The molecule has 0 amide bonds. The highest BCUT2D eigenvalue weighted by Gasteiger charge is 2.21. The first kappa shape index (κ1) is 14.0. The number of aromatic nitrogens is 1. The van der Waals surface area contributed by atoms with Crippen LogP contribution in [0.25, 0.3) is 0 Å². The normalized spacial score (nSPS) is 13.8. The second-order valence-corrected chi connectivity index (χ2v) is 5.70. The minimum atomic E-state index is -0.196. The quantitative estimate of drug-likeness (QED) is 0.933. The molecule has 0 saturated carbocycles. The fourth-order valence-electron chi connectivity index (χ4n) is 2.61. The summed E-state index contributed by atoms with van der Waals surface area (Å²) < 4.78 is 13.5. The maximum atomic E-state index is 13.5. The zero-order chi connectivity index (χ0) is 14.8. The summed E-state index contributed by atoms with van der Waals surface area (Å²) in [6, 6.07) is 11.4. The molecule has 110 valence electrons.